The quantitative estimate of drug-likeness (QED) is 0.346. The van der Waals surface area contributed by atoms with Gasteiger partial charge in [0, 0.05) is 26.5 Å². The van der Waals surface area contributed by atoms with Crippen LogP contribution >= 0.6 is 27.0 Å². The number of nitrogens with two attached hydrogens (primary N) is 1. The van der Waals surface area contributed by atoms with Gasteiger partial charge in [0.25, 0.3) is 0 Å². The Morgan fingerprint density at radius 3 is 2.52 bits per heavy atom. The SMILES string of the molecule is Cc1ncc(C[n+]2c(C)sc(CCOP(=O)(O)OP(=O)(O)O)c2C)c(N)n1. The van der Waals surface area contributed by atoms with Crippen molar-refractivity contribution in [3.63, 3.8) is 0 Å². The predicted octanol–water partition coefficient (Wildman–Crippen LogP) is 1.15. The van der Waals surface area contributed by atoms with Crippen molar-refractivity contribution in [2.75, 3.05) is 12.3 Å². The fourth-order valence-corrected chi connectivity index (χ4v) is 5.07. The highest BCUT2D eigenvalue weighted by Gasteiger charge is 2.32. The highest BCUT2D eigenvalue weighted by Crippen LogP contribution is 2.57. The molecule has 0 aliphatic carbocycles. The average molecular weight is 439 g/mol. The third-order valence-corrected chi connectivity index (χ3v) is 7.05. The lowest BCUT2D eigenvalue weighted by molar-refractivity contribution is -0.695. The number of nitrogens with zero attached hydrogens (tertiary/aromatic N) is 3. The van der Waals surface area contributed by atoms with Crippen LogP contribution < -0.4 is 10.3 Å². The van der Waals surface area contributed by atoms with Gasteiger partial charge in [0.1, 0.15) is 11.6 Å². The Balaban J connectivity index is 2.07. The van der Waals surface area contributed by atoms with E-state index in [2.05, 4.69) is 18.8 Å². The summed E-state index contributed by atoms with van der Waals surface area (Å²) in [6.45, 7) is 5.78. The van der Waals surface area contributed by atoms with Crippen LogP contribution in [-0.4, -0.2) is 31.3 Å². The monoisotopic (exact) mass is 439 g/mol. The van der Waals surface area contributed by atoms with E-state index < -0.39 is 15.6 Å². The lowest BCUT2D eigenvalue weighted by atomic mass is 10.2. The van der Waals surface area contributed by atoms with E-state index in [1.807, 2.05) is 18.4 Å². The van der Waals surface area contributed by atoms with E-state index in [-0.39, 0.29) is 13.0 Å². The molecule has 2 aromatic heterocycles. The minimum atomic E-state index is -5.12. The molecular formula is C13H21N4O7P2S+. The van der Waals surface area contributed by atoms with E-state index in [9.17, 15) is 14.0 Å². The van der Waals surface area contributed by atoms with Gasteiger partial charge in [0.15, 0.2) is 12.2 Å². The van der Waals surface area contributed by atoms with Crippen LogP contribution in [0, 0.1) is 20.8 Å². The van der Waals surface area contributed by atoms with Crippen LogP contribution in [0.15, 0.2) is 6.20 Å². The van der Waals surface area contributed by atoms with Crippen molar-refractivity contribution >= 4 is 32.8 Å². The largest absolute Gasteiger partial charge is 0.481 e. The van der Waals surface area contributed by atoms with Crippen molar-refractivity contribution in [1.29, 1.82) is 0 Å². The van der Waals surface area contributed by atoms with Gasteiger partial charge in [-0.3, -0.25) is 4.52 Å². The fourth-order valence-electron chi connectivity index (χ4n) is 2.37. The normalized spacial score (nSPS) is 14.3. The zero-order valence-corrected chi connectivity index (χ0v) is 17.5. The molecule has 2 heterocycles. The van der Waals surface area contributed by atoms with Gasteiger partial charge in [-0.05, 0) is 6.92 Å². The predicted molar refractivity (Wildman–Crippen MR) is 96.9 cm³/mol. The molecule has 150 valence electrons. The number of phosphoric acid groups is 2. The molecule has 0 radical (unpaired) electrons. The first-order chi connectivity index (χ1) is 12.4. The summed E-state index contributed by atoms with van der Waals surface area (Å²) < 4.78 is 32.5. The zero-order chi connectivity index (χ0) is 20.4. The van der Waals surface area contributed by atoms with Crippen LogP contribution in [0.5, 0.6) is 0 Å². The smallest absolute Gasteiger partial charge is 0.383 e. The third kappa shape index (κ3) is 6.41. The van der Waals surface area contributed by atoms with Gasteiger partial charge in [-0.1, -0.05) is 11.3 Å². The molecule has 0 spiro atoms. The summed E-state index contributed by atoms with van der Waals surface area (Å²) in [5.74, 6) is 0.990. The molecule has 1 atom stereocenters. The number of hydrogen-bond donors (Lipinski definition) is 4. The molecule has 0 amide bonds. The highest BCUT2D eigenvalue weighted by molar-refractivity contribution is 7.60. The summed E-state index contributed by atoms with van der Waals surface area (Å²) in [6.07, 6.45) is 1.94. The van der Waals surface area contributed by atoms with Gasteiger partial charge < -0.3 is 20.4 Å². The van der Waals surface area contributed by atoms with Crippen molar-refractivity contribution < 1.29 is 37.2 Å². The average Bonchev–Trinajstić information content (AvgIpc) is 2.74. The molecule has 2 rings (SSSR count). The molecule has 0 aliphatic heterocycles. The molecule has 27 heavy (non-hydrogen) atoms. The standard InChI is InChI=1S/C13H20N4O7P2S/c1-8-12(4-5-23-26(21,22)24-25(18,19)20)27-10(3)17(8)7-11-6-15-9(2)16-13(11)14/h6H,4-5,7H2,1-3H3,(H4-,14,15,16,18,19,20,21,22)/p+1. The van der Waals surface area contributed by atoms with Crippen LogP contribution in [0.1, 0.15) is 27.0 Å². The maximum Gasteiger partial charge on any atom is 0.481 e. The van der Waals surface area contributed by atoms with Gasteiger partial charge >= 0.3 is 15.6 Å². The first kappa shape index (κ1) is 22.1. The molecule has 0 saturated heterocycles. The van der Waals surface area contributed by atoms with Crippen LogP contribution in [0.4, 0.5) is 5.82 Å². The molecule has 0 aromatic carbocycles. The van der Waals surface area contributed by atoms with Crippen LogP contribution in [0.3, 0.4) is 0 Å². The molecule has 14 heteroatoms. The summed E-state index contributed by atoms with van der Waals surface area (Å²) >= 11 is 1.47. The first-order valence-corrected chi connectivity index (χ1v) is 11.5. The highest BCUT2D eigenvalue weighted by atomic mass is 32.1. The summed E-state index contributed by atoms with van der Waals surface area (Å²) in [7, 11) is -9.96. The number of rotatable bonds is 8. The number of aryl methyl sites for hydroxylation is 2. The Bertz CT molecular complexity index is 930. The van der Waals surface area contributed by atoms with Gasteiger partial charge in [0.05, 0.1) is 17.0 Å². The minimum absolute atomic E-state index is 0.246. The third-order valence-electron chi connectivity index (χ3n) is 3.60. The molecule has 0 aliphatic rings. The minimum Gasteiger partial charge on any atom is -0.383 e. The molecule has 11 nitrogen and oxygen atoms in total. The molecule has 1 unspecified atom stereocenters. The van der Waals surface area contributed by atoms with Gasteiger partial charge in [-0.2, -0.15) is 8.88 Å². The lowest BCUT2D eigenvalue weighted by Gasteiger charge is -2.11. The maximum atomic E-state index is 11.5. The number of aromatic nitrogens is 3. The zero-order valence-electron chi connectivity index (χ0n) is 14.9. The Labute approximate surface area is 159 Å². The number of phosphoric ester groups is 1. The molecule has 0 bridgehead atoms. The second-order valence-corrected chi connectivity index (χ2v) is 9.78. The Kier molecular flexibility index (Phi) is 6.88. The molecule has 2 aromatic rings. The van der Waals surface area contributed by atoms with Gasteiger partial charge in [0.2, 0.25) is 5.01 Å². The summed E-state index contributed by atoms with van der Waals surface area (Å²) in [6, 6.07) is 0. The molecular weight excluding hydrogens is 418 g/mol. The Hall–Kier alpha value is -1.23. The second kappa shape index (κ2) is 8.42. The topological polar surface area (TPSA) is 169 Å². The van der Waals surface area contributed by atoms with E-state index in [1.54, 1.807) is 13.1 Å². The maximum absolute atomic E-state index is 11.5. The first-order valence-electron chi connectivity index (χ1n) is 7.69. The van der Waals surface area contributed by atoms with E-state index >= 15 is 0 Å². The number of thiazole rings is 1. The van der Waals surface area contributed by atoms with Crippen molar-refractivity contribution in [2.24, 2.45) is 0 Å². The van der Waals surface area contributed by atoms with E-state index in [0.29, 0.717) is 18.2 Å². The summed E-state index contributed by atoms with van der Waals surface area (Å²) in [5.41, 5.74) is 7.61. The van der Waals surface area contributed by atoms with Crippen molar-refractivity contribution in [1.82, 2.24) is 9.97 Å². The summed E-state index contributed by atoms with van der Waals surface area (Å²) in [4.78, 5) is 35.6. The second-order valence-electron chi connectivity index (χ2n) is 5.67. The van der Waals surface area contributed by atoms with Crippen molar-refractivity contribution in [3.05, 3.63) is 33.2 Å². The molecule has 0 saturated carbocycles. The van der Waals surface area contributed by atoms with Gasteiger partial charge in [-0.15, -0.1) is 0 Å². The molecule has 0 fully saturated rings. The lowest BCUT2D eigenvalue weighted by Crippen LogP contribution is -2.38. The number of hydrogen-bond acceptors (Lipinski definition) is 8. The van der Waals surface area contributed by atoms with Crippen molar-refractivity contribution in [2.45, 2.75) is 33.7 Å². The molecule has 5 N–H and O–H groups in total. The number of anilines is 1. The summed E-state index contributed by atoms with van der Waals surface area (Å²) in [5, 5.41) is 0.973. The number of nitrogen functional groups attached to an aromatic ring is 1. The van der Waals surface area contributed by atoms with Gasteiger partial charge in [-0.25, -0.2) is 19.1 Å². The Morgan fingerprint density at radius 2 is 1.93 bits per heavy atom. The van der Waals surface area contributed by atoms with Crippen LogP contribution in [0.25, 0.3) is 0 Å². The Morgan fingerprint density at radius 1 is 1.26 bits per heavy atom. The van der Waals surface area contributed by atoms with E-state index in [0.717, 1.165) is 21.1 Å². The van der Waals surface area contributed by atoms with E-state index in [1.165, 1.54) is 11.3 Å². The fraction of sp³-hybridized carbons (Fsp3) is 0.462. The van der Waals surface area contributed by atoms with Crippen LogP contribution in [0.2, 0.25) is 0 Å². The van der Waals surface area contributed by atoms with Crippen LogP contribution in [-0.2, 0) is 30.9 Å². The van der Waals surface area contributed by atoms with E-state index in [4.69, 9.17) is 15.5 Å². The van der Waals surface area contributed by atoms with Crippen molar-refractivity contribution in [3.8, 4) is 0 Å².